The maximum absolute atomic E-state index is 11.4. The van der Waals surface area contributed by atoms with Crippen LogP contribution < -0.4 is 5.32 Å². The van der Waals surface area contributed by atoms with Gasteiger partial charge in [0.15, 0.2) is 6.29 Å². The molecule has 0 aliphatic carbocycles. The molecule has 0 spiro atoms. The third-order valence-corrected chi connectivity index (χ3v) is 1.79. The molecule has 88 valence electrons. The van der Waals surface area contributed by atoms with Gasteiger partial charge in [-0.1, -0.05) is 0 Å². The summed E-state index contributed by atoms with van der Waals surface area (Å²) >= 11 is 0. The lowest BCUT2D eigenvalue weighted by Gasteiger charge is -2.28. The SMILES string of the molecule is CC(C)(C)OC(=O)N[C@H]1CO[C@@H](C)OC1. The Morgan fingerprint density at radius 3 is 2.33 bits per heavy atom. The highest BCUT2D eigenvalue weighted by Crippen LogP contribution is 2.08. The summed E-state index contributed by atoms with van der Waals surface area (Å²) in [7, 11) is 0. The van der Waals surface area contributed by atoms with Crippen molar-refractivity contribution < 1.29 is 19.0 Å². The minimum Gasteiger partial charge on any atom is -0.444 e. The van der Waals surface area contributed by atoms with E-state index in [1.54, 1.807) is 0 Å². The summed E-state index contributed by atoms with van der Waals surface area (Å²) in [6.45, 7) is 8.21. The van der Waals surface area contributed by atoms with Crippen molar-refractivity contribution in [3.05, 3.63) is 0 Å². The predicted molar refractivity (Wildman–Crippen MR) is 54.5 cm³/mol. The Kier molecular flexibility index (Phi) is 3.93. The standard InChI is InChI=1S/C10H19NO4/c1-7-13-5-8(6-14-7)11-9(12)15-10(2,3)4/h7-8H,5-6H2,1-4H3,(H,11,12)/t7-,8+. The van der Waals surface area contributed by atoms with E-state index in [1.807, 2.05) is 27.7 Å². The first kappa shape index (κ1) is 12.3. The first-order valence-electron chi connectivity index (χ1n) is 5.09. The lowest BCUT2D eigenvalue weighted by Crippen LogP contribution is -2.47. The summed E-state index contributed by atoms with van der Waals surface area (Å²) in [5.74, 6) is 0. The van der Waals surface area contributed by atoms with E-state index in [2.05, 4.69) is 5.32 Å². The van der Waals surface area contributed by atoms with Crippen LogP contribution in [0.2, 0.25) is 0 Å². The summed E-state index contributed by atoms with van der Waals surface area (Å²) in [4.78, 5) is 11.4. The molecule has 1 amide bonds. The Labute approximate surface area is 90.1 Å². The second-order valence-corrected chi connectivity index (χ2v) is 4.58. The van der Waals surface area contributed by atoms with E-state index in [-0.39, 0.29) is 12.3 Å². The fourth-order valence-corrected chi connectivity index (χ4v) is 1.16. The first-order chi connectivity index (χ1) is 6.87. The highest BCUT2D eigenvalue weighted by molar-refractivity contribution is 5.68. The molecule has 15 heavy (non-hydrogen) atoms. The molecule has 0 unspecified atom stereocenters. The van der Waals surface area contributed by atoms with E-state index < -0.39 is 11.7 Å². The number of hydrogen-bond donors (Lipinski definition) is 1. The van der Waals surface area contributed by atoms with Crippen LogP contribution in [-0.4, -0.2) is 37.2 Å². The van der Waals surface area contributed by atoms with Gasteiger partial charge in [0, 0.05) is 0 Å². The number of carbonyl (C=O) groups is 1. The summed E-state index contributed by atoms with van der Waals surface area (Å²) in [6.07, 6.45) is -0.629. The van der Waals surface area contributed by atoms with Gasteiger partial charge in [0.2, 0.25) is 0 Å². The Bertz CT molecular complexity index is 216. The fourth-order valence-electron chi connectivity index (χ4n) is 1.16. The van der Waals surface area contributed by atoms with Crippen LogP contribution in [0.5, 0.6) is 0 Å². The van der Waals surface area contributed by atoms with Crippen molar-refractivity contribution in [2.75, 3.05) is 13.2 Å². The molecule has 0 radical (unpaired) electrons. The molecule has 0 aromatic carbocycles. The number of rotatable bonds is 1. The topological polar surface area (TPSA) is 56.8 Å². The smallest absolute Gasteiger partial charge is 0.408 e. The molecular formula is C10H19NO4. The van der Waals surface area contributed by atoms with Crippen molar-refractivity contribution in [2.45, 2.75) is 45.6 Å². The summed E-state index contributed by atoms with van der Waals surface area (Å²) < 4.78 is 15.6. The van der Waals surface area contributed by atoms with Gasteiger partial charge in [0.05, 0.1) is 19.3 Å². The van der Waals surface area contributed by atoms with Gasteiger partial charge in [0.25, 0.3) is 0 Å². The minimum atomic E-state index is -0.478. The van der Waals surface area contributed by atoms with Gasteiger partial charge in [-0.2, -0.15) is 0 Å². The van der Waals surface area contributed by atoms with Crippen LogP contribution in [0, 0.1) is 0 Å². The molecular weight excluding hydrogens is 198 g/mol. The number of hydrogen-bond acceptors (Lipinski definition) is 4. The maximum Gasteiger partial charge on any atom is 0.408 e. The van der Waals surface area contributed by atoms with E-state index in [4.69, 9.17) is 14.2 Å². The third-order valence-electron chi connectivity index (χ3n) is 1.79. The van der Waals surface area contributed by atoms with Gasteiger partial charge in [-0.05, 0) is 27.7 Å². The van der Waals surface area contributed by atoms with E-state index in [1.165, 1.54) is 0 Å². The first-order valence-corrected chi connectivity index (χ1v) is 5.09. The zero-order valence-electron chi connectivity index (χ0n) is 9.70. The van der Waals surface area contributed by atoms with Gasteiger partial charge < -0.3 is 19.5 Å². The van der Waals surface area contributed by atoms with E-state index in [9.17, 15) is 4.79 Å². The molecule has 5 nitrogen and oxygen atoms in total. The van der Waals surface area contributed by atoms with Crippen LogP contribution in [0.15, 0.2) is 0 Å². The highest BCUT2D eigenvalue weighted by Gasteiger charge is 2.23. The Morgan fingerprint density at radius 2 is 1.87 bits per heavy atom. The van der Waals surface area contributed by atoms with Crippen LogP contribution >= 0.6 is 0 Å². The Morgan fingerprint density at radius 1 is 1.33 bits per heavy atom. The number of carbonyl (C=O) groups excluding carboxylic acids is 1. The molecule has 1 N–H and O–H groups in total. The van der Waals surface area contributed by atoms with Gasteiger partial charge in [0.1, 0.15) is 5.60 Å². The zero-order valence-corrected chi connectivity index (χ0v) is 9.70. The van der Waals surface area contributed by atoms with Crippen LogP contribution in [0.4, 0.5) is 4.79 Å². The average Bonchev–Trinajstić information content (AvgIpc) is 2.05. The predicted octanol–water partition coefficient (Wildman–Crippen LogP) is 1.27. The maximum atomic E-state index is 11.4. The van der Waals surface area contributed by atoms with Crippen LogP contribution in [0.3, 0.4) is 0 Å². The molecule has 0 atom stereocenters. The molecule has 1 aliphatic rings. The molecule has 1 aliphatic heterocycles. The van der Waals surface area contributed by atoms with Crippen LogP contribution in [-0.2, 0) is 14.2 Å². The number of nitrogens with one attached hydrogen (secondary N) is 1. The summed E-state index contributed by atoms with van der Waals surface area (Å²) in [5.41, 5.74) is -0.478. The largest absolute Gasteiger partial charge is 0.444 e. The van der Waals surface area contributed by atoms with Gasteiger partial charge >= 0.3 is 6.09 Å². The zero-order chi connectivity index (χ0) is 11.5. The lowest BCUT2D eigenvalue weighted by molar-refractivity contribution is -0.178. The van der Waals surface area contributed by atoms with Gasteiger partial charge in [-0.3, -0.25) is 0 Å². The average molecular weight is 217 g/mol. The summed E-state index contributed by atoms with van der Waals surface area (Å²) in [5, 5.41) is 2.68. The van der Waals surface area contributed by atoms with Gasteiger partial charge in [-0.15, -0.1) is 0 Å². The molecule has 1 fully saturated rings. The van der Waals surface area contributed by atoms with Crippen molar-refractivity contribution in [1.29, 1.82) is 0 Å². The van der Waals surface area contributed by atoms with Gasteiger partial charge in [-0.25, -0.2) is 4.79 Å². The number of ether oxygens (including phenoxy) is 3. The second-order valence-electron chi connectivity index (χ2n) is 4.58. The third kappa shape index (κ3) is 4.99. The minimum absolute atomic E-state index is 0.129. The number of alkyl carbamates (subject to hydrolysis) is 1. The van der Waals surface area contributed by atoms with E-state index in [0.29, 0.717) is 13.2 Å². The molecule has 0 saturated carbocycles. The molecule has 0 bridgehead atoms. The van der Waals surface area contributed by atoms with E-state index >= 15 is 0 Å². The second kappa shape index (κ2) is 4.81. The number of amides is 1. The Hall–Kier alpha value is -0.810. The quantitative estimate of drug-likeness (QED) is 0.718. The van der Waals surface area contributed by atoms with Crippen LogP contribution in [0.25, 0.3) is 0 Å². The lowest BCUT2D eigenvalue weighted by atomic mass is 10.2. The van der Waals surface area contributed by atoms with Crippen molar-refractivity contribution in [3.63, 3.8) is 0 Å². The van der Waals surface area contributed by atoms with Crippen molar-refractivity contribution in [2.24, 2.45) is 0 Å². The highest BCUT2D eigenvalue weighted by atomic mass is 16.7. The normalized spacial score (nSPS) is 27.2. The van der Waals surface area contributed by atoms with Crippen molar-refractivity contribution in [3.8, 4) is 0 Å². The molecule has 1 heterocycles. The molecule has 1 rings (SSSR count). The van der Waals surface area contributed by atoms with Crippen molar-refractivity contribution in [1.82, 2.24) is 5.32 Å². The molecule has 0 aromatic heterocycles. The molecule has 1 saturated heterocycles. The van der Waals surface area contributed by atoms with Crippen molar-refractivity contribution >= 4 is 6.09 Å². The Balaban J connectivity index is 2.27. The fraction of sp³-hybridized carbons (Fsp3) is 0.900. The van der Waals surface area contributed by atoms with Crippen LogP contribution in [0.1, 0.15) is 27.7 Å². The van der Waals surface area contributed by atoms with E-state index in [0.717, 1.165) is 0 Å². The monoisotopic (exact) mass is 217 g/mol. The molecule has 5 heteroatoms. The summed E-state index contributed by atoms with van der Waals surface area (Å²) in [6, 6.07) is -0.129. The molecule has 0 aromatic rings.